The minimum absolute atomic E-state index is 0.206. The number of hydrogen-bond donors (Lipinski definition) is 0. The van der Waals surface area contributed by atoms with Crippen molar-refractivity contribution >= 4 is 28.0 Å². The zero-order valence-corrected chi connectivity index (χ0v) is 21.4. The minimum atomic E-state index is 0.206. The summed E-state index contributed by atoms with van der Waals surface area (Å²) < 4.78 is 0. The molecule has 1 nitrogen and oxygen atoms in total. The molecule has 0 unspecified atom stereocenters. The molecule has 0 saturated heterocycles. The van der Waals surface area contributed by atoms with Crippen molar-refractivity contribution in [1.29, 1.82) is 0 Å². The topological polar surface area (TPSA) is 17.1 Å². The maximum absolute atomic E-state index is 12.4. The van der Waals surface area contributed by atoms with Gasteiger partial charge in [-0.25, -0.2) is 0 Å². The second-order valence-electron chi connectivity index (χ2n) is 9.44. The molecule has 0 fully saturated rings. The molecule has 2 aromatic rings. The molecule has 0 saturated carbocycles. The molecule has 166 valence electrons. The lowest BCUT2D eigenvalue weighted by molar-refractivity contribution is -0.110. The molecule has 0 aliphatic carbocycles. The van der Waals surface area contributed by atoms with Crippen molar-refractivity contribution in [3.05, 3.63) is 81.9 Å². The Hall–Kier alpha value is -2.06. The van der Waals surface area contributed by atoms with Crippen LogP contribution in [0.5, 0.6) is 0 Å². The van der Waals surface area contributed by atoms with Crippen LogP contribution in [0.15, 0.2) is 59.7 Å². The SMILES string of the molecule is CCC(C)(C)C/C(C)=C(/C(=C(\C)CC(=O)SC)c1ccc(C)cc1)c1ccccc1C. The first-order valence-corrected chi connectivity index (χ1v) is 12.4. The van der Waals surface area contributed by atoms with Gasteiger partial charge in [-0.1, -0.05) is 104 Å². The third-order valence-electron chi connectivity index (χ3n) is 6.20. The Bertz CT molecular complexity index is 974. The van der Waals surface area contributed by atoms with Crippen molar-refractivity contribution in [2.45, 2.75) is 67.7 Å². The fraction of sp³-hybridized carbons (Fsp3) is 0.414. The van der Waals surface area contributed by atoms with Crippen LogP contribution in [0.25, 0.3) is 11.1 Å². The average molecular weight is 435 g/mol. The molecule has 0 spiro atoms. The van der Waals surface area contributed by atoms with Crippen LogP contribution in [0.2, 0.25) is 0 Å². The minimum Gasteiger partial charge on any atom is -0.287 e. The van der Waals surface area contributed by atoms with Crippen molar-refractivity contribution in [2.75, 3.05) is 6.26 Å². The number of carbonyl (C=O) groups is 1. The van der Waals surface area contributed by atoms with Crippen LogP contribution >= 0.6 is 11.8 Å². The van der Waals surface area contributed by atoms with Gasteiger partial charge in [0.25, 0.3) is 0 Å². The Morgan fingerprint density at radius 3 is 2.06 bits per heavy atom. The highest BCUT2D eigenvalue weighted by molar-refractivity contribution is 8.13. The molecule has 0 atom stereocenters. The van der Waals surface area contributed by atoms with Crippen LogP contribution in [0, 0.1) is 19.3 Å². The first-order valence-electron chi connectivity index (χ1n) is 11.2. The molecular formula is C29H38OS. The highest BCUT2D eigenvalue weighted by atomic mass is 32.2. The Labute approximate surface area is 194 Å². The standard InChI is InChI=1S/C29H38OS/c1-9-29(6,7)19-23(5)28(25-13-11-10-12-21(25)3)27(22(4)18-26(30)31-8)24-16-14-20(2)15-17-24/h10-17H,9,18-19H2,1-8H3/b27-22+,28-23+. The van der Waals surface area contributed by atoms with E-state index in [1.807, 2.05) is 6.26 Å². The van der Waals surface area contributed by atoms with E-state index in [4.69, 9.17) is 0 Å². The molecule has 31 heavy (non-hydrogen) atoms. The number of aryl methyl sites for hydroxylation is 2. The second-order valence-corrected chi connectivity index (χ2v) is 10.3. The van der Waals surface area contributed by atoms with Gasteiger partial charge < -0.3 is 0 Å². The van der Waals surface area contributed by atoms with Crippen molar-refractivity contribution < 1.29 is 4.79 Å². The third-order valence-corrected chi connectivity index (χ3v) is 6.80. The summed E-state index contributed by atoms with van der Waals surface area (Å²) in [4.78, 5) is 12.4. The van der Waals surface area contributed by atoms with Gasteiger partial charge >= 0.3 is 0 Å². The average Bonchev–Trinajstić information content (AvgIpc) is 2.73. The summed E-state index contributed by atoms with van der Waals surface area (Å²) in [6.45, 7) is 15.6. The number of hydrogen-bond acceptors (Lipinski definition) is 2. The summed E-state index contributed by atoms with van der Waals surface area (Å²) in [7, 11) is 0. The molecule has 0 amide bonds. The van der Waals surface area contributed by atoms with Gasteiger partial charge in [-0.2, -0.15) is 0 Å². The second kappa shape index (κ2) is 11.0. The quantitative estimate of drug-likeness (QED) is 0.387. The van der Waals surface area contributed by atoms with Crippen LogP contribution in [0.4, 0.5) is 0 Å². The summed E-state index contributed by atoms with van der Waals surface area (Å²) >= 11 is 1.31. The summed E-state index contributed by atoms with van der Waals surface area (Å²) in [5.41, 5.74) is 10.2. The van der Waals surface area contributed by atoms with E-state index in [2.05, 4.69) is 97.0 Å². The molecule has 0 N–H and O–H groups in total. The van der Waals surface area contributed by atoms with Crippen LogP contribution in [-0.4, -0.2) is 11.4 Å². The molecule has 0 aliphatic rings. The van der Waals surface area contributed by atoms with E-state index in [0.29, 0.717) is 6.42 Å². The summed E-state index contributed by atoms with van der Waals surface area (Å²) in [5.74, 6) is 0. The van der Waals surface area contributed by atoms with Gasteiger partial charge in [-0.3, -0.25) is 4.79 Å². The molecule has 0 heterocycles. The Morgan fingerprint density at radius 2 is 1.52 bits per heavy atom. The molecule has 2 heteroatoms. The number of allylic oxidation sites excluding steroid dienone is 4. The van der Waals surface area contributed by atoms with Gasteiger partial charge in [-0.05, 0) is 73.6 Å². The Kier molecular flexibility index (Phi) is 8.94. The molecular weight excluding hydrogens is 396 g/mol. The number of rotatable bonds is 8. The van der Waals surface area contributed by atoms with Gasteiger partial charge in [-0.15, -0.1) is 0 Å². The lowest BCUT2D eigenvalue weighted by Gasteiger charge is -2.27. The van der Waals surface area contributed by atoms with Gasteiger partial charge in [0.15, 0.2) is 5.12 Å². The van der Waals surface area contributed by atoms with E-state index in [1.54, 1.807) is 0 Å². The zero-order chi connectivity index (χ0) is 23.2. The van der Waals surface area contributed by atoms with Gasteiger partial charge in [0, 0.05) is 6.42 Å². The van der Waals surface area contributed by atoms with E-state index in [0.717, 1.165) is 18.4 Å². The lowest BCUT2D eigenvalue weighted by Crippen LogP contribution is -2.11. The van der Waals surface area contributed by atoms with Crippen molar-refractivity contribution in [3.8, 4) is 0 Å². The third kappa shape index (κ3) is 6.71. The number of benzene rings is 2. The Balaban J connectivity index is 2.86. The van der Waals surface area contributed by atoms with Crippen LogP contribution in [0.1, 0.15) is 76.1 Å². The first kappa shape index (κ1) is 25.2. The van der Waals surface area contributed by atoms with Crippen molar-refractivity contribution in [1.82, 2.24) is 0 Å². The molecule has 0 bridgehead atoms. The maximum atomic E-state index is 12.4. The van der Waals surface area contributed by atoms with Gasteiger partial charge in [0.05, 0.1) is 0 Å². The normalized spacial score (nSPS) is 13.5. The summed E-state index contributed by atoms with van der Waals surface area (Å²) in [6, 6.07) is 17.4. The fourth-order valence-corrected chi connectivity index (χ4v) is 4.42. The highest BCUT2D eigenvalue weighted by Crippen LogP contribution is 2.42. The van der Waals surface area contributed by atoms with E-state index < -0.39 is 0 Å². The van der Waals surface area contributed by atoms with E-state index >= 15 is 0 Å². The van der Waals surface area contributed by atoms with E-state index in [1.165, 1.54) is 50.7 Å². The van der Waals surface area contributed by atoms with Crippen LogP contribution in [-0.2, 0) is 4.79 Å². The smallest absolute Gasteiger partial charge is 0.192 e. The Morgan fingerprint density at radius 1 is 0.903 bits per heavy atom. The summed E-state index contributed by atoms with van der Waals surface area (Å²) in [6.07, 6.45) is 4.48. The van der Waals surface area contributed by atoms with Crippen molar-refractivity contribution in [3.63, 3.8) is 0 Å². The first-order chi connectivity index (χ1) is 14.6. The predicted molar refractivity (Wildman–Crippen MR) is 139 cm³/mol. The van der Waals surface area contributed by atoms with E-state index in [-0.39, 0.29) is 10.5 Å². The zero-order valence-electron chi connectivity index (χ0n) is 20.6. The summed E-state index contributed by atoms with van der Waals surface area (Å²) in [5, 5.41) is 0.206. The monoisotopic (exact) mass is 434 g/mol. The number of carbonyl (C=O) groups excluding carboxylic acids is 1. The molecule has 0 aliphatic heterocycles. The largest absolute Gasteiger partial charge is 0.287 e. The van der Waals surface area contributed by atoms with Gasteiger partial charge in [0.2, 0.25) is 0 Å². The number of thioether (sulfide) groups is 1. The lowest BCUT2D eigenvalue weighted by atomic mass is 9.77. The molecule has 0 aromatic heterocycles. The van der Waals surface area contributed by atoms with Crippen LogP contribution in [0.3, 0.4) is 0 Å². The molecule has 2 rings (SSSR count). The molecule has 2 aromatic carbocycles. The highest BCUT2D eigenvalue weighted by Gasteiger charge is 2.23. The van der Waals surface area contributed by atoms with E-state index in [9.17, 15) is 4.79 Å². The fourth-order valence-electron chi connectivity index (χ4n) is 4.06. The van der Waals surface area contributed by atoms with Gasteiger partial charge in [0.1, 0.15) is 0 Å². The predicted octanol–water partition coefficient (Wildman–Crippen LogP) is 8.66. The van der Waals surface area contributed by atoms with Crippen LogP contribution < -0.4 is 0 Å². The molecule has 0 radical (unpaired) electrons. The van der Waals surface area contributed by atoms with Crippen molar-refractivity contribution in [2.24, 2.45) is 5.41 Å². The maximum Gasteiger partial charge on any atom is 0.192 e.